The average Bonchev–Trinajstić information content (AvgIpc) is 3.32. The van der Waals surface area contributed by atoms with Crippen molar-refractivity contribution in [2.45, 2.75) is 0 Å². The monoisotopic (exact) mass is 378 g/mol. The average molecular weight is 378 g/mol. The van der Waals surface area contributed by atoms with Gasteiger partial charge in [-0.25, -0.2) is 0 Å². The SMILES string of the molecule is COc1ccc(Nc2c3c(O)ccc-3[nH]c3cc4c(cc23)OCO4)cc1OC. The van der Waals surface area contributed by atoms with Gasteiger partial charge in [-0.15, -0.1) is 0 Å². The normalized spacial score (nSPS) is 12.5. The first kappa shape index (κ1) is 16.4. The Labute approximate surface area is 160 Å². The number of ether oxygens (including phenoxy) is 4. The largest absolute Gasteiger partial charge is 0.507 e. The lowest BCUT2D eigenvalue weighted by Gasteiger charge is -2.17. The minimum atomic E-state index is 0.189. The fourth-order valence-electron chi connectivity index (χ4n) is 3.55. The summed E-state index contributed by atoms with van der Waals surface area (Å²) in [7, 11) is 3.19. The Hall–Kier alpha value is -3.74. The second-order valence-electron chi connectivity index (χ2n) is 6.45. The van der Waals surface area contributed by atoms with Crippen LogP contribution in [0.25, 0.3) is 22.2 Å². The van der Waals surface area contributed by atoms with E-state index < -0.39 is 0 Å². The molecule has 0 saturated heterocycles. The molecule has 7 nitrogen and oxygen atoms in total. The van der Waals surface area contributed by atoms with Crippen molar-refractivity contribution in [3.63, 3.8) is 0 Å². The van der Waals surface area contributed by atoms with Crippen LogP contribution in [0.2, 0.25) is 0 Å². The van der Waals surface area contributed by atoms with Crippen molar-refractivity contribution < 1.29 is 24.1 Å². The van der Waals surface area contributed by atoms with Gasteiger partial charge >= 0.3 is 0 Å². The Morgan fingerprint density at radius 3 is 2.54 bits per heavy atom. The van der Waals surface area contributed by atoms with Gasteiger partial charge in [0, 0.05) is 23.2 Å². The van der Waals surface area contributed by atoms with E-state index in [9.17, 15) is 5.11 Å². The highest BCUT2D eigenvalue weighted by Crippen LogP contribution is 2.47. The summed E-state index contributed by atoms with van der Waals surface area (Å²) in [5, 5.41) is 14.7. The maximum absolute atomic E-state index is 10.4. The van der Waals surface area contributed by atoms with Crippen molar-refractivity contribution in [2.24, 2.45) is 0 Å². The van der Waals surface area contributed by atoms with Crippen molar-refractivity contribution in [1.82, 2.24) is 4.98 Å². The van der Waals surface area contributed by atoms with E-state index in [1.165, 1.54) is 0 Å². The van der Waals surface area contributed by atoms with Crippen molar-refractivity contribution in [3.8, 4) is 40.0 Å². The number of H-pyrrole nitrogens is 1. The van der Waals surface area contributed by atoms with Crippen LogP contribution in [-0.2, 0) is 0 Å². The topological polar surface area (TPSA) is 85.0 Å². The van der Waals surface area contributed by atoms with Gasteiger partial charge in [0.05, 0.1) is 36.7 Å². The molecule has 28 heavy (non-hydrogen) atoms. The second kappa shape index (κ2) is 6.16. The van der Waals surface area contributed by atoms with Gasteiger partial charge in [0.2, 0.25) is 6.79 Å². The molecule has 3 N–H and O–H groups in total. The molecular formula is C21H18N2O5. The van der Waals surface area contributed by atoms with Crippen molar-refractivity contribution in [3.05, 3.63) is 42.5 Å². The quantitative estimate of drug-likeness (QED) is 0.486. The van der Waals surface area contributed by atoms with Gasteiger partial charge in [0.25, 0.3) is 0 Å². The Balaban J connectivity index is 1.72. The van der Waals surface area contributed by atoms with E-state index in [0.29, 0.717) is 28.6 Å². The molecule has 0 amide bonds. The van der Waals surface area contributed by atoms with Crippen molar-refractivity contribution in [1.29, 1.82) is 0 Å². The highest BCUT2D eigenvalue weighted by Gasteiger charge is 2.22. The molecule has 0 saturated carbocycles. The molecular weight excluding hydrogens is 360 g/mol. The number of rotatable bonds is 4. The Kier molecular flexibility index (Phi) is 3.61. The van der Waals surface area contributed by atoms with Gasteiger partial charge in [-0.1, -0.05) is 0 Å². The third-order valence-electron chi connectivity index (χ3n) is 4.89. The summed E-state index contributed by atoms with van der Waals surface area (Å²) in [6.07, 6.45) is 0. The summed E-state index contributed by atoms with van der Waals surface area (Å²) < 4.78 is 21.7. The van der Waals surface area contributed by atoms with E-state index in [-0.39, 0.29) is 12.5 Å². The summed E-state index contributed by atoms with van der Waals surface area (Å²) in [6, 6.07) is 12.9. The number of anilines is 2. The van der Waals surface area contributed by atoms with Gasteiger partial charge in [-0.3, -0.25) is 0 Å². The number of pyridine rings is 1. The lowest BCUT2D eigenvalue weighted by molar-refractivity contribution is 0.174. The van der Waals surface area contributed by atoms with Gasteiger partial charge in [-0.05, 0) is 30.3 Å². The number of nitrogens with one attached hydrogen (secondary N) is 2. The molecule has 0 radical (unpaired) electrons. The number of methoxy groups -OCH3 is 2. The summed E-state index contributed by atoms with van der Waals surface area (Å²) in [5.41, 5.74) is 3.93. The fraction of sp³-hybridized carbons (Fsp3) is 0.143. The minimum Gasteiger partial charge on any atom is -0.507 e. The fourth-order valence-corrected chi connectivity index (χ4v) is 3.55. The van der Waals surface area contributed by atoms with Crippen LogP contribution in [-0.4, -0.2) is 31.1 Å². The first-order valence-electron chi connectivity index (χ1n) is 8.74. The molecule has 0 spiro atoms. The Morgan fingerprint density at radius 2 is 1.75 bits per heavy atom. The molecule has 5 rings (SSSR count). The summed E-state index contributed by atoms with van der Waals surface area (Å²) in [6.45, 7) is 0.196. The maximum Gasteiger partial charge on any atom is 0.231 e. The number of hydrogen-bond donors (Lipinski definition) is 3. The van der Waals surface area contributed by atoms with Gasteiger partial charge in [-0.2, -0.15) is 0 Å². The molecule has 2 aromatic rings. The molecule has 0 fully saturated rings. The first-order chi connectivity index (χ1) is 13.7. The smallest absolute Gasteiger partial charge is 0.231 e. The summed E-state index contributed by atoms with van der Waals surface area (Å²) in [5.74, 6) is 2.80. The molecule has 142 valence electrons. The Morgan fingerprint density at radius 1 is 0.964 bits per heavy atom. The van der Waals surface area contributed by atoms with Crippen LogP contribution in [0.1, 0.15) is 0 Å². The zero-order chi connectivity index (χ0) is 19.3. The zero-order valence-corrected chi connectivity index (χ0v) is 15.3. The molecule has 2 aromatic carbocycles. The van der Waals surface area contributed by atoms with E-state index in [0.717, 1.165) is 28.0 Å². The van der Waals surface area contributed by atoms with Crippen LogP contribution in [0, 0.1) is 0 Å². The van der Waals surface area contributed by atoms with Crippen LogP contribution < -0.4 is 24.3 Å². The van der Waals surface area contributed by atoms with E-state index in [1.54, 1.807) is 20.3 Å². The van der Waals surface area contributed by atoms with Crippen molar-refractivity contribution in [2.75, 3.05) is 26.3 Å². The van der Waals surface area contributed by atoms with E-state index >= 15 is 0 Å². The molecule has 0 unspecified atom stereocenters. The molecule has 0 bridgehead atoms. The lowest BCUT2D eigenvalue weighted by Crippen LogP contribution is -1.98. The predicted molar refractivity (Wildman–Crippen MR) is 106 cm³/mol. The predicted octanol–water partition coefficient (Wildman–Crippen LogP) is 4.47. The third-order valence-corrected chi connectivity index (χ3v) is 4.89. The second-order valence-corrected chi connectivity index (χ2v) is 6.45. The van der Waals surface area contributed by atoms with Crippen LogP contribution in [0.3, 0.4) is 0 Å². The maximum atomic E-state index is 10.4. The number of hydrogen-bond acceptors (Lipinski definition) is 6. The molecule has 3 aliphatic rings. The third kappa shape index (κ3) is 2.44. The molecule has 2 heterocycles. The van der Waals surface area contributed by atoms with Gasteiger partial charge in [0.1, 0.15) is 5.75 Å². The zero-order valence-electron chi connectivity index (χ0n) is 15.3. The van der Waals surface area contributed by atoms with Gasteiger partial charge in [0.15, 0.2) is 23.0 Å². The number of aromatic nitrogens is 1. The number of fused-ring (bicyclic) bond motifs is 3. The van der Waals surface area contributed by atoms with E-state index in [4.69, 9.17) is 18.9 Å². The Bertz CT molecular complexity index is 1170. The van der Waals surface area contributed by atoms with Crippen molar-refractivity contribution >= 4 is 22.3 Å². The first-order valence-corrected chi connectivity index (χ1v) is 8.74. The van der Waals surface area contributed by atoms with Gasteiger partial charge < -0.3 is 34.4 Å². The van der Waals surface area contributed by atoms with Crippen LogP contribution in [0.5, 0.6) is 28.7 Å². The standard InChI is InChI=1S/C21H18N2O5/c1-25-16-6-3-11(7-17(16)26-2)22-21-12-8-18-19(28-10-27-18)9-14(12)23-13-4-5-15(24)20(13)21/h3-9,22-24H,10H2,1-2H3. The number of aromatic amines is 1. The number of aromatic hydroxyl groups is 1. The number of benzene rings is 2. The molecule has 0 atom stereocenters. The lowest BCUT2D eigenvalue weighted by atomic mass is 10.1. The summed E-state index contributed by atoms with van der Waals surface area (Å²) in [4.78, 5) is 3.35. The molecule has 1 aliphatic carbocycles. The highest BCUT2D eigenvalue weighted by molar-refractivity contribution is 6.05. The van der Waals surface area contributed by atoms with E-state index in [1.807, 2.05) is 36.4 Å². The van der Waals surface area contributed by atoms with Crippen LogP contribution >= 0.6 is 0 Å². The van der Waals surface area contributed by atoms with Crippen LogP contribution in [0.4, 0.5) is 11.4 Å². The summed E-state index contributed by atoms with van der Waals surface area (Å²) >= 11 is 0. The van der Waals surface area contributed by atoms with Crippen LogP contribution in [0.15, 0.2) is 42.5 Å². The minimum absolute atomic E-state index is 0.189. The molecule has 2 aliphatic heterocycles. The molecule has 7 heteroatoms. The highest BCUT2D eigenvalue weighted by atomic mass is 16.7. The molecule has 0 aromatic heterocycles. The van der Waals surface area contributed by atoms with E-state index in [2.05, 4.69) is 10.3 Å².